The highest BCUT2D eigenvalue weighted by atomic mass is 19.2. The zero-order valence-corrected chi connectivity index (χ0v) is 14.2. The average Bonchev–Trinajstić information content (AvgIpc) is 2.64. The quantitative estimate of drug-likeness (QED) is 0.772. The summed E-state index contributed by atoms with van der Waals surface area (Å²) in [7, 11) is 0. The zero-order valence-electron chi connectivity index (χ0n) is 14.2. The Morgan fingerprint density at radius 1 is 1.28 bits per heavy atom. The van der Waals surface area contributed by atoms with Gasteiger partial charge in [-0.25, -0.2) is 4.39 Å². The first kappa shape index (κ1) is 17.4. The molecule has 25 heavy (non-hydrogen) atoms. The fourth-order valence-corrected chi connectivity index (χ4v) is 2.99. The van der Waals surface area contributed by atoms with Crippen molar-refractivity contribution in [2.75, 3.05) is 0 Å². The molecular formula is C20H20F2O3. The van der Waals surface area contributed by atoms with Crippen LogP contribution in [0.15, 0.2) is 36.4 Å². The summed E-state index contributed by atoms with van der Waals surface area (Å²) in [5.74, 6) is -2.95. The van der Waals surface area contributed by atoms with Gasteiger partial charge in [-0.1, -0.05) is 30.3 Å². The molecule has 3 nitrogen and oxygen atoms in total. The van der Waals surface area contributed by atoms with Gasteiger partial charge in [0.2, 0.25) is 5.82 Å². The summed E-state index contributed by atoms with van der Waals surface area (Å²) < 4.78 is 38.8. The first-order valence-corrected chi connectivity index (χ1v) is 8.32. The van der Waals surface area contributed by atoms with E-state index in [1.54, 1.807) is 13.0 Å². The van der Waals surface area contributed by atoms with E-state index in [4.69, 9.17) is 9.47 Å². The molecule has 0 bridgehead atoms. The fourth-order valence-electron chi connectivity index (χ4n) is 2.99. The Labute approximate surface area is 145 Å². The lowest BCUT2D eigenvalue weighted by Gasteiger charge is -2.30. The molecule has 0 saturated carbocycles. The van der Waals surface area contributed by atoms with Crippen molar-refractivity contribution in [3.05, 3.63) is 64.7 Å². The first-order valence-electron chi connectivity index (χ1n) is 8.32. The highest BCUT2D eigenvalue weighted by molar-refractivity contribution is 5.73. The van der Waals surface area contributed by atoms with E-state index in [0.717, 1.165) is 5.56 Å². The Balaban J connectivity index is 1.66. The van der Waals surface area contributed by atoms with Crippen LogP contribution in [0.5, 0.6) is 5.75 Å². The van der Waals surface area contributed by atoms with Crippen LogP contribution in [0.1, 0.15) is 30.0 Å². The van der Waals surface area contributed by atoms with Crippen molar-refractivity contribution in [2.24, 2.45) is 5.92 Å². The zero-order chi connectivity index (χ0) is 18.0. The minimum absolute atomic E-state index is 0.0814. The molecule has 2 aromatic rings. The number of halogens is 2. The van der Waals surface area contributed by atoms with E-state index in [-0.39, 0.29) is 17.9 Å². The van der Waals surface area contributed by atoms with Gasteiger partial charge < -0.3 is 9.47 Å². The van der Waals surface area contributed by atoms with Crippen LogP contribution in [0, 0.1) is 24.5 Å². The van der Waals surface area contributed by atoms with E-state index >= 15 is 0 Å². The van der Waals surface area contributed by atoms with Crippen molar-refractivity contribution in [1.29, 1.82) is 0 Å². The molecule has 2 aromatic carbocycles. The summed E-state index contributed by atoms with van der Waals surface area (Å²) in [4.78, 5) is 12.3. The van der Waals surface area contributed by atoms with Crippen LogP contribution < -0.4 is 4.74 Å². The number of fused-ring (bicyclic) bond motifs is 1. The summed E-state index contributed by atoms with van der Waals surface area (Å²) in [6.45, 7) is 3.38. The molecule has 1 heterocycles. The Kier molecular flexibility index (Phi) is 5.02. The van der Waals surface area contributed by atoms with Crippen LogP contribution in [0.3, 0.4) is 0 Å². The van der Waals surface area contributed by atoms with E-state index in [2.05, 4.69) is 0 Å². The van der Waals surface area contributed by atoms with Gasteiger partial charge in [-0.15, -0.1) is 0 Å². The van der Waals surface area contributed by atoms with Gasteiger partial charge in [0, 0.05) is 0 Å². The molecule has 0 fully saturated rings. The number of aryl methyl sites for hydroxylation is 2. The minimum atomic E-state index is -0.982. The van der Waals surface area contributed by atoms with E-state index < -0.39 is 29.6 Å². The second kappa shape index (κ2) is 7.21. The first-order chi connectivity index (χ1) is 12.0. The molecule has 5 heteroatoms. The van der Waals surface area contributed by atoms with E-state index in [0.29, 0.717) is 18.4 Å². The average molecular weight is 346 g/mol. The van der Waals surface area contributed by atoms with Gasteiger partial charge in [-0.2, -0.15) is 4.39 Å². The van der Waals surface area contributed by atoms with E-state index in [9.17, 15) is 13.6 Å². The predicted molar refractivity (Wildman–Crippen MR) is 89.2 cm³/mol. The van der Waals surface area contributed by atoms with Crippen molar-refractivity contribution in [3.8, 4) is 5.75 Å². The molecule has 1 aliphatic rings. The lowest BCUT2D eigenvalue weighted by molar-refractivity contribution is -0.152. The number of benzene rings is 2. The second-order valence-electron chi connectivity index (χ2n) is 6.39. The Morgan fingerprint density at radius 3 is 2.72 bits per heavy atom. The molecule has 2 unspecified atom stereocenters. The number of carbonyl (C=O) groups is 1. The van der Waals surface area contributed by atoms with Gasteiger partial charge in [0.25, 0.3) is 0 Å². The molecule has 0 radical (unpaired) electrons. The molecule has 0 spiro atoms. The summed E-state index contributed by atoms with van der Waals surface area (Å²) in [6.07, 6.45) is 0.556. The molecule has 0 saturated heterocycles. The van der Waals surface area contributed by atoms with E-state index in [1.165, 1.54) is 6.92 Å². The number of ether oxygens (including phenoxy) is 2. The molecule has 132 valence electrons. The maximum absolute atomic E-state index is 14.1. The molecule has 0 aliphatic carbocycles. The van der Waals surface area contributed by atoms with E-state index in [1.807, 2.05) is 30.3 Å². The molecule has 0 N–H and O–H groups in total. The van der Waals surface area contributed by atoms with Crippen LogP contribution >= 0.6 is 0 Å². The third kappa shape index (κ3) is 3.65. The Morgan fingerprint density at radius 2 is 2.00 bits per heavy atom. The highest BCUT2D eigenvalue weighted by Crippen LogP contribution is 2.35. The van der Waals surface area contributed by atoms with Gasteiger partial charge in [0.15, 0.2) is 11.6 Å². The third-order valence-corrected chi connectivity index (χ3v) is 4.54. The van der Waals surface area contributed by atoms with Gasteiger partial charge >= 0.3 is 5.97 Å². The summed E-state index contributed by atoms with van der Waals surface area (Å²) in [5.41, 5.74) is 1.78. The lowest BCUT2D eigenvalue weighted by atomic mass is 9.93. The minimum Gasteiger partial charge on any atom is -0.486 e. The van der Waals surface area contributed by atoms with Crippen molar-refractivity contribution < 1.29 is 23.0 Å². The van der Waals surface area contributed by atoms with Gasteiger partial charge in [-0.05, 0) is 49.4 Å². The topological polar surface area (TPSA) is 35.5 Å². The standard InChI is InChI=1S/C20H20F2O3/c1-12-10-15-8-9-16(25-19(15)18(22)17(12)21)13(2)20(23)24-11-14-6-4-3-5-7-14/h3-7,10,13,16H,8-9,11H2,1-2H3. The smallest absolute Gasteiger partial charge is 0.312 e. The highest BCUT2D eigenvalue weighted by Gasteiger charge is 2.33. The van der Waals surface area contributed by atoms with Gasteiger partial charge in [0.1, 0.15) is 12.7 Å². The van der Waals surface area contributed by atoms with Crippen LogP contribution in [-0.2, 0) is 22.6 Å². The molecule has 0 amide bonds. The second-order valence-corrected chi connectivity index (χ2v) is 6.39. The largest absolute Gasteiger partial charge is 0.486 e. The lowest BCUT2D eigenvalue weighted by Crippen LogP contribution is -2.35. The number of hydrogen-bond donors (Lipinski definition) is 0. The maximum Gasteiger partial charge on any atom is 0.312 e. The summed E-state index contributed by atoms with van der Waals surface area (Å²) in [6, 6.07) is 11.0. The molecule has 3 rings (SSSR count). The number of esters is 1. The molecule has 1 aliphatic heterocycles. The van der Waals surface area contributed by atoms with Gasteiger partial charge in [-0.3, -0.25) is 4.79 Å². The van der Waals surface area contributed by atoms with Crippen molar-refractivity contribution in [2.45, 2.75) is 39.4 Å². The molecular weight excluding hydrogens is 326 g/mol. The summed E-state index contributed by atoms with van der Waals surface area (Å²) >= 11 is 0. The van der Waals surface area contributed by atoms with Crippen molar-refractivity contribution in [1.82, 2.24) is 0 Å². The van der Waals surface area contributed by atoms with Crippen LogP contribution in [0.25, 0.3) is 0 Å². The SMILES string of the molecule is Cc1cc2c(c(F)c1F)OC(C(C)C(=O)OCc1ccccc1)CC2. The molecule has 0 aromatic heterocycles. The van der Waals surface area contributed by atoms with Crippen molar-refractivity contribution >= 4 is 5.97 Å². The van der Waals surface area contributed by atoms with Crippen LogP contribution in [-0.4, -0.2) is 12.1 Å². The van der Waals surface area contributed by atoms with Gasteiger partial charge in [0.05, 0.1) is 5.92 Å². The van der Waals surface area contributed by atoms with Crippen molar-refractivity contribution in [3.63, 3.8) is 0 Å². The Hall–Kier alpha value is -2.43. The van der Waals surface area contributed by atoms with Crippen LogP contribution in [0.2, 0.25) is 0 Å². The molecule has 2 atom stereocenters. The monoisotopic (exact) mass is 346 g/mol. The number of hydrogen-bond acceptors (Lipinski definition) is 3. The third-order valence-electron chi connectivity index (χ3n) is 4.54. The van der Waals surface area contributed by atoms with Crippen LogP contribution in [0.4, 0.5) is 8.78 Å². The maximum atomic E-state index is 14.1. The summed E-state index contributed by atoms with van der Waals surface area (Å²) in [5, 5.41) is 0. The Bertz CT molecular complexity index is 774. The number of carbonyl (C=O) groups excluding carboxylic acids is 1. The fraction of sp³-hybridized carbons (Fsp3) is 0.350. The normalized spacial score (nSPS) is 17.4. The predicted octanol–water partition coefficient (Wildman–Crippen LogP) is 4.35. The number of rotatable bonds is 4.